The molecule has 0 spiro atoms. The van der Waals surface area contributed by atoms with E-state index in [1.54, 1.807) is 19.1 Å². The number of nitrogens with zero attached hydrogens (tertiary/aromatic N) is 4. The Kier molecular flexibility index (Phi) is 6.15. The number of aliphatic hydroxyl groups excluding tert-OH is 1. The molecule has 34 heavy (non-hydrogen) atoms. The van der Waals surface area contributed by atoms with Crippen molar-refractivity contribution < 1.29 is 23.1 Å². The first-order valence-electron chi connectivity index (χ1n) is 10.7. The van der Waals surface area contributed by atoms with Gasteiger partial charge in [-0.3, -0.25) is 9.78 Å². The monoisotopic (exact) mass is 469 g/mol. The topological polar surface area (TPSA) is 104 Å². The Balaban J connectivity index is 1.48. The predicted octanol–water partition coefficient (Wildman–Crippen LogP) is 4.54. The number of benzene rings is 1. The van der Waals surface area contributed by atoms with Crippen molar-refractivity contribution in [3.05, 3.63) is 71.3 Å². The third kappa shape index (κ3) is 4.52. The molecule has 0 unspecified atom stereocenters. The zero-order valence-electron chi connectivity index (χ0n) is 18.3. The molecule has 0 bridgehead atoms. The minimum Gasteiger partial charge on any atom is -0.393 e. The van der Waals surface area contributed by atoms with E-state index >= 15 is 0 Å². The molecule has 0 aliphatic heterocycles. The number of nitriles is 1. The number of aliphatic hydroxyl groups is 1. The number of hydrogen-bond donors (Lipinski definition) is 2. The Bertz CT molecular complexity index is 1220. The fraction of sp³-hybridized carbons (Fsp3) is 0.333. The maximum atomic E-state index is 12.8. The van der Waals surface area contributed by atoms with E-state index in [1.165, 1.54) is 29.2 Å². The van der Waals surface area contributed by atoms with Gasteiger partial charge in [0.25, 0.3) is 5.91 Å². The summed E-state index contributed by atoms with van der Waals surface area (Å²) in [7, 11) is 0. The van der Waals surface area contributed by atoms with Crippen LogP contribution in [0.15, 0.2) is 48.8 Å². The van der Waals surface area contributed by atoms with Crippen molar-refractivity contribution in [1.29, 1.82) is 5.26 Å². The number of anilines is 1. The lowest BCUT2D eigenvalue weighted by atomic mass is 9.72. The molecule has 2 aromatic heterocycles. The molecule has 1 amide bonds. The van der Waals surface area contributed by atoms with E-state index in [0.717, 1.165) is 12.1 Å². The van der Waals surface area contributed by atoms with Gasteiger partial charge in [0.1, 0.15) is 0 Å². The smallest absolute Gasteiger partial charge is 0.393 e. The number of halogens is 3. The van der Waals surface area contributed by atoms with E-state index in [-0.39, 0.29) is 5.56 Å². The molecule has 0 radical (unpaired) electrons. The Hall–Kier alpha value is -3.71. The quantitative estimate of drug-likeness (QED) is 0.584. The molecule has 3 aromatic rings. The van der Waals surface area contributed by atoms with Gasteiger partial charge in [0.05, 0.1) is 63.9 Å². The molecule has 1 aliphatic rings. The van der Waals surface area contributed by atoms with Crippen molar-refractivity contribution in [2.45, 2.75) is 50.3 Å². The van der Waals surface area contributed by atoms with Crippen LogP contribution in [0.25, 0.3) is 5.69 Å². The van der Waals surface area contributed by atoms with Gasteiger partial charge in [0, 0.05) is 0 Å². The van der Waals surface area contributed by atoms with Crippen molar-refractivity contribution >= 4 is 11.6 Å². The first-order valence-corrected chi connectivity index (χ1v) is 10.7. The highest BCUT2D eigenvalue weighted by molar-refractivity contribution is 6.04. The lowest BCUT2D eigenvalue weighted by molar-refractivity contribution is -0.137. The molecule has 1 fully saturated rings. The number of carbonyl (C=O) groups is 1. The second-order valence-electron chi connectivity index (χ2n) is 8.41. The minimum atomic E-state index is -4.43. The summed E-state index contributed by atoms with van der Waals surface area (Å²) in [6, 6.07) is 10.2. The lowest BCUT2D eigenvalue weighted by Gasteiger charge is -2.32. The van der Waals surface area contributed by atoms with E-state index in [4.69, 9.17) is 0 Å². The van der Waals surface area contributed by atoms with E-state index in [9.17, 15) is 28.3 Å². The van der Waals surface area contributed by atoms with Crippen molar-refractivity contribution in [3.63, 3.8) is 0 Å². The van der Waals surface area contributed by atoms with Crippen LogP contribution in [0, 0.1) is 18.3 Å². The highest BCUT2D eigenvalue weighted by Crippen LogP contribution is 2.38. The molecule has 4 rings (SSSR count). The van der Waals surface area contributed by atoms with Gasteiger partial charge in [-0.25, -0.2) is 4.68 Å². The third-order valence-corrected chi connectivity index (χ3v) is 6.23. The van der Waals surface area contributed by atoms with E-state index in [0.29, 0.717) is 48.4 Å². The van der Waals surface area contributed by atoms with Crippen LogP contribution in [0.3, 0.4) is 0 Å². The van der Waals surface area contributed by atoms with Crippen LogP contribution in [0.1, 0.15) is 53.0 Å². The predicted molar refractivity (Wildman–Crippen MR) is 117 cm³/mol. The van der Waals surface area contributed by atoms with Gasteiger partial charge in [-0.2, -0.15) is 23.5 Å². The number of nitrogens with one attached hydrogen (secondary N) is 1. The highest BCUT2D eigenvalue weighted by atomic mass is 19.4. The maximum absolute atomic E-state index is 12.8. The number of rotatable bonds is 4. The van der Waals surface area contributed by atoms with Crippen molar-refractivity contribution in [3.8, 4) is 11.8 Å². The summed E-state index contributed by atoms with van der Waals surface area (Å²) in [5, 5.41) is 26.3. The van der Waals surface area contributed by atoms with Crippen LogP contribution in [-0.4, -0.2) is 31.9 Å². The zero-order valence-corrected chi connectivity index (χ0v) is 18.3. The largest absolute Gasteiger partial charge is 0.416 e. The van der Waals surface area contributed by atoms with Crippen molar-refractivity contribution in [2.24, 2.45) is 0 Å². The number of hydrogen-bond acceptors (Lipinski definition) is 5. The molecule has 10 heteroatoms. The molecule has 176 valence electrons. The summed E-state index contributed by atoms with van der Waals surface area (Å²) >= 11 is 0. The standard InChI is InChI=1S/C24H22F3N5O2/c1-15-20(13-30-32(15)18-5-2-16(3-6-18)24(25,26)27)22(34)31-17-4-7-21(29-12-17)23(14-28)10-8-19(33)9-11-23/h2-7,12-13,19,33H,8-11H2,1H3,(H,31,34)/t19-,23-. The zero-order chi connectivity index (χ0) is 24.5. The van der Waals surface area contributed by atoms with Crippen LogP contribution in [0.4, 0.5) is 18.9 Å². The Morgan fingerprint density at radius 1 is 1.18 bits per heavy atom. The average molecular weight is 469 g/mol. The average Bonchev–Trinajstić information content (AvgIpc) is 3.21. The molecular weight excluding hydrogens is 447 g/mol. The number of aromatic nitrogens is 3. The second kappa shape index (κ2) is 8.91. The normalized spacial score (nSPS) is 20.5. The molecule has 1 aliphatic carbocycles. The number of amides is 1. The summed E-state index contributed by atoms with van der Waals surface area (Å²) < 4.78 is 39.8. The highest BCUT2D eigenvalue weighted by Gasteiger charge is 2.38. The summed E-state index contributed by atoms with van der Waals surface area (Å²) in [6.45, 7) is 1.65. The first kappa shape index (κ1) is 23.4. The lowest BCUT2D eigenvalue weighted by Crippen LogP contribution is -2.33. The fourth-order valence-corrected chi connectivity index (χ4v) is 4.15. The Labute approximate surface area is 193 Å². The molecular formula is C24H22F3N5O2. The van der Waals surface area contributed by atoms with Crippen LogP contribution in [0.2, 0.25) is 0 Å². The van der Waals surface area contributed by atoms with Gasteiger partial charge in [-0.1, -0.05) is 0 Å². The van der Waals surface area contributed by atoms with E-state index in [1.807, 2.05) is 0 Å². The number of carbonyl (C=O) groups excluding carboxylic acids is 1. The Morgan fingerprint density at radius 2 is 1.85 bits per heavy atom. The van der Waals surface area contributed by atoms with Crippen molar-refractivity contribution in [2.75, 3.05) is 5.32 Å². The molecule has 0 saturated heterocycles. The molecule has 7 nitrogen and oxygen atoms in total. The number of pyridine rings is 1. The molecule has 2 N–H and O–H groups in total. The minimum absolute atomic E-state index is 0.263. The summed E-state index contributed by atoms with van der Waals surface area (Å²) in [5.41, 5.74) is 0.643. The van der Waals surface area contributed by atoms with Gasteiger partial charge < -0.3 is 10.4 Å². The van der Waals surface area contributed by atoms with E-state index in [2.05, 4.69) is 21.5 Å². The van der Waals surface area contributed by atoms with Gasteiger partial charge >= 0.3 is 6.18 Å². The fourth-order valence-electron chi connectivity index (χ4n) is 4.15. The SMILES string of the molecule is Cc1c(C(=O)Nc2ccc([C@]3(C#N)CC[C@@H](O)CC3)nc2)cnn1-c1ccc(C(F)(F)F)cc1. The van der Waals surface area contributed by atoms with Crippen LogP contribution in [0.5, 0.6) is 0 Å². The van der Waals surface area contributed by atoms with Crippen LogP contribution >= 0.6 is 0 Å². The van der Waals surface area contributed by atoms with Crippen LogP contribution < -0.4 is 5.32 Å². The maximum Gasteiger partial charge on any atom is 0.416 e. The van der Waals surface area contributed by atoms with Crippen LogP contribution in [-0.2, 0) is 11.6 Å². The summed E-state index contributed by atoms with van der Waals surface area (Å²) in [4.78, 5) is 17.2. The summed E-state index contributed by atoms with van der Waals surface area (Å²) in [5.74, 6) is -0.444. The molecule has 1 aromatic carbocycles. The molecule has 1 saturated carbocycles. The van der Waals surface area contributed by atoms with Gasteiger partial charge in [-0.05, 0) is 69.0 Å². The molecule has 2 heterocycles. The molecule has 0 atom stereocenters. The third-order valence-electron chi connectivity index (χ3n) is 6.23. The van der Waals surface area contributed by atoms with Gasteiger partial charge in [-0.15, -0.1) is 0 Å². The summed E-state index contributed by atoms with van der Waals surface area (Å²) in [6.07, 6.45) is 0.113. The first-order chi connectivity index (χ1) is 16.1. The Morgan fingerprint density at radius 3 is 2.41 bits per heavy atom. The second-order valence-corrected chi connectivity index (χ2v) is 8.41. The van der Waals surface area contributed by atoms with Gasteiger partial charge in [0.2, 0.25) is 0 Å². The van der Waals surface area contributed by atoms with Crippen molar-refractivity contribution in [1.82, 2.24) is 14.8 Å². The van der Waals surface area contributed by atoms with E-state index < -0.39 is 29.2 Å². The number of alkyl halides is 3. The van der Waals surface area contributed by atoms with Gasteiger partial charge in [0.15, 0.2) is 0 Å².